The van der Waals surface area contributed by atoms with Crippen LogP contribution in [0.1, 0.15) is 39.7 Å². The van der Waals surface area contributed by atoms with Crippen molar-refractivity contribution in [2.75, 3.05) is 30.6 Å². The van der Waals surface area contributed by atoms with Gasteiger partial charge in [0.1, 0.15) is 17.6 Å². The van der Waals surface area contributed by atoms with Crippen molar-refractivity contribution in [3.05, 3.63) is 103 Å². The first kappa shape index (κ1) is 35.8. The Kier molecular flexibility index (Phi) is 10.6. The van der Waals surface area contributed by atoms with Gasteiger partial charge < -0.3 is 18.9 Å². The van der Waals surface area contributed by atoms with Gasteiger partial charge in [0.2, 0.25) is 0 Å². The maximum absolute atomic E-state index is 14.4. The van der Waals surface area contributed by atoms with Crippen molar-refractivity contribution < 1.29 is 37.0 Å². The smallest absolute Gasteiger partial charge is 0.434 e. The SMILES string of the molecule is CC(Oc1ccc(N(C(=O)Oc2c3ccccc3nc3ccccc23)S(=O)(=O)c2ccc(CCC(=O)OC(C)(C)C)cc2)cc1)N1CCOCC1. The largest absolute Gasteiger partial charge is 0.475 e. The van der Waals surface area contributed by atoms with E-state index in [1.54, 1.807) is 81.4 Å². The molecule has 0 spiro atoms. The number of sulfonamides is 1. The number of amides is 1. The number of benzene rings is 4. The van der Waals surface area contributed by atoms with E-state index in [-0.39, 0.29) is 35.0 Å². The van der Waals surface area contributed by atoms with Crippen LogP contribution in [0.4, 0.5) is 10.5 Å². The molecular weight excluding hydrogens is 671 g/mol. The number of pyridine rings is 1. The van der Waals surface area contributed by atoms with E-state index in [2.05, 4.69) is 9.88 Å². The van der Waals surface area contributed by atoms with E-state index in [9.17, 15) is 18.0 Å². The summed E-state index contributed by atoms with van der Waals surface area (Å²) in [6, 6.07) is 26.7. The number of hydrogen-bond donors (Lipinski definition) is 0. The molecular formula is C39H41N3O8S. The van der Waals surface area contributed by atoms with Gasteiger partial charge in [-0.05, 0) is 100 Å². The Morgan fingerprint density at radius 3 is 2.04 bits per heavy atom. The molecule has 1 fully saturated rings. The van der Waals surface area contributed by atoms with Gasteiger partial charge in [0.15, 0.2) is 5.75 Å². The lowest BCUT2D eigenvalue weighted by Crippen LogP contribution is -2.44. The standard InChI is InChI=1S/C39H41N3O8S/c1-27(41-23-25-47-26-24-41)48-30-18-16-29(17-19-30)42(51(45,46)31-20-13-28(14-21-31)15-22-36(43)50-39(2,3)4)38(44)49-37-32-9-5-7-11-34(32)40-35-12-8-6-10-33(35)37/h5-14,16-21,27H,15,22-26H2,1-4H3. The average Bonchev–Trinajstić information content (AvgIpc) is 3.11. The first-order valence-corrected chi connectivity index (χ1v) is 18.3. The molecule has 1 aliphatic rings. The molecule has 5 aromatic rings. The molecule has 0 aliphatic carbocycles. The molecule has 6 rings (SSSR count). The molecule has 1 amide bonds. The highest BCUT2D eigenvalue weighted by Crippen LogP contribution is 2.35. The number of para-hydroxylation sites is 2. The van der Waals surface area contributed by atoms with E-state index >= 15 is 0 Å². The number of hydrogen-bond acceptors (Lipinski definition) is 10. The Morgan fingerprint density at radius 1 is 0.863 bits per heavy atom. The van der Waals surface area contributed by atoms with Crippen molar-refractivity contribution in [3.63, 3.8) is 0 Å². The first-order valence-electron chi connectivity index (χ1n) is 16.8. The van der Waals surface area contributed by atoms with Gasteiger partial charge in [-0.25, -0.2) is 18.2 Å². The van der Waals surface area contributed by atoms with Crippen molar-refractivity contribution in [2.45, 2.75) is 57.3 Å². The zero-order valence-corrected chi connectivity index (χ0v) is 29.9. The molecule has 1 aliphatic heterocycles. The summed E-state index contributed by atoms with van der Waals surface area (Å²) in [5.41, 5.74) is 1.37. The Labute approximate surface area is 297 Å². The fourth-order valence-corrected chi connectivity index (χ4v) is 7.15. The summed E-state index contributed by atoms with van der Waals surface area (Å²) >= 11 is 0. The van der Waals surface area contributed by atoms with Crippen molar-refractivity contribution in [1.29, 1.82) is 0 Å². The monoisotopic (exact) mass is 711 g/mol. The van der Waals surface area contributed by atoms with Gasteiger partial charge in [0, 0.05) is 30.3 Å². The summed E-state index contributed by atoms with van der Waals surface area (Å²) < 4.78 is 52.4. The van der Waals surface area contributed by atoms with E-state index in [0.717, 1.165) is 18.7 Å². The second-order valence-corrected chi connectivity index (χ2v) is 15.0. The van der Waals surface area contributed by atoms with Crippen molar-refractivity contribution in [3.8, 4) is 11.5 Å². The van der Waals surface area contributed by atoms with Crippen molar-refractivity contribution >= 4 is 49.6 Å². The normalized spacial score (nSPS) is 14.6. The van der Waals surface area contributed by atoms with Gasteiger partial charge in [-0.15, -0.1) is 0 Å². The minimum Gasteiger partial charge on any atom is -0.475 e. The summed E-state index contributed by atoms with van der Waals surface area (Å²) in [6.07, 6.45) is -0.880. The highest BCUT2D eigenvalue weighted by Gasteiger charge is 2.34. The Morgan fingerprint density at radius 2 is 1.45 bits per heavy atom. The van der Waals surface area contributed by atoms with Crippen molar-refractivity contribution in [2.24, 2.45) is 0 Å². The molecule has 2 heterocycles. The molecule has 1 aromatic heterocycles. The van der Waals surface area contributed by atoms with Crippen LogP contribution in [0.2, 0.25) is 0 Å². The Hall–Kier alpha value is -5.04. The number of aryl methyl sites for hydroxylation is 1. The molecule has 1 unspecified atom stereocenters. The lowest BCUT2D eigenvalue weighted by Gasteiger charge is -2.32. The molecule has 0 radical (unpaired) electrons. The fourth-order valence-electron chi connectivity index (χ4n) is 5.83. The number of rotatable bonds is 10. The van der Waals surface area contributed by atoms with Gasteiger partial charge >= 0.3 is 12.1 Å². The van der Waals surface area contributed by atoms with Crippen LogP contribution in [0, 0.1) is 0 Å². The molecule has 1 atom stereocenters. The second kappa shape index (κ2) is 15.1. The highest BCUT2D eigenvalue weighted by atomic mass is 32.2. The van der Waals surface area contributed by atoms with Gasteiger partial charge in [0.25, 0.3) is 10.0 Å². The predicted octanol–water partition coefficient (Wildman–Crippen LogP) is 7.11. The number of esters is 1. The first-order chi connectivity index (χ1) is 24.4. The number of nitrogens with zero attached hydrogens (tertiary/aromatic N) is 3. The summed E-state index contributed by atoms with van der Waals surface area (Å²) in [6.45, 7) is 10.0. The topological polar surface area (TPSA) is 125 Å². The molecule has 0 bridgehead atoms. The van der Waals surface area contributed by atoms with Gasteiger partial charge in [-0.3, -0.25) is 9.69 Å². The van der Waals surface area contributed by atoms with Crippen LogP contribution in [0.3, 0.4) is 0 Å². The van der Waals surface area contributed by atoms with Gasteiger partial charge in [-0.2, -0.15) is 4.31 Å². The third-order valence-electron chi connectivity index (χ3n) is 8.33. The van der Waals surface area contributed by atoms with E-state index in [0.29, 0.717) is 51.5 Å². The van der Waals surface area contributed by atoms with Crippen LogP contribution in [-0.2, 0) is 30.7 Å². The molecule has 266 valence electrons. The van der Waals surface area contributed by atoms with Gasteiger partial charge in [-0.1, -0.05) is 36.4 Å². The van der Waals surface area contributed by atoms with E-state index in [1.807, 2.05) is 19.1 Å². The zero-order chi connectivity index (χ0) is 36.2. The molecule has 51 heavy (non-hydrogen) atoms. The van der Waals surface area contributed by atoms with E-state index in [1.165, 1.54) is 24.3 Å². The van der Waals surface area contributed by atoms with Crippen LogP contribution < -0.4 is 13.8 Å². The number of morpholine rings is 1. The summed E-state index contributed by atoms with van der Waals surface area (Å²) in [4.78, 5) is 33.2. The quantitative estimate of drug-likeness (QED) is 0.109. The minimum absolute atomic E-state index is 0.0584. The molecule has 11 nitrogen and oxygen atoms in total. The third kappa shape index (κ3) is 8.47. The molecule has 4 aromatic carbocycles. The number of aromatic nitrogens is 1. The zero-order valence-electron chi connectivity index (χ0n) is 29.1. The second-order valence-electron chi connectivity index (χ2n) is 13.2. The number of carbonyl (C=O) groups excluding carboxylic acids is 2. The van der Waals surface area contributed by atoms with Crippen molar-refractivity contribution in [1.82, 2.24) is 9.88 Å². The third-order valence-corrected chi connectivity index (χ3v) is 10.0. The summed E-state index contributed by atoms with van der Waals surface area (Å²) in [5.74, 6) is 0.346. The Bertz CT molecular complexity index is 2070. The lowest BCUT2D eigenvalue weighted by atomic mass is 10.1. The number of anilines is 1. The molecule has 0 saturated carbocycles. The number of ether oxygens (including phenoxy) is 4. The van der Waals surface area contributed by atoms with Gasteiger partial charge in [0.05, 0.1) is 34.8 Å². The summed E-state index contributed by atoms with van der Waals surface area (Å²) in [5, 5.41) is 1.11. The summed E-state index contributed by atoms with van der Waals surface area (Å²) in [7, 11) is -4.52. The predicted molar refractivity (Wildman–Crippen MR) is 194 cm³/mol. The minimum atomic E-state index is -4.52. The maximum Gasteiger partial charge on any atom is 0.434 e. The van der Waals surface area contributed by atoms with Crippen LogP contribution in [0.5, 0.6) is 11.5 Å². The average molecular weight is 712 g/mol. The Balaban J connectivity index is 1.32. The fraction of sp³-hybridized carbons (Fsp3) is 0.308. The molecule has 0 N–H and O–H groups in total. The van der Waals surface area contributed by atoms with Crippen LogP contribution in [0.25, 0.3) is 21.8 Å². The van der Waals surface area contributed by atoms with Crippen LogP contribution in [-0.4, -0.2) is 68.5 Å². The van der Waals surface area contributed by atoms with Crippen LogP contribution in [0.15, 0.2) is 102 Å². The molecule has 12 heteroatoms. The highest BCUT2D eigenvalue weighted by molar-refractivity contribution is 7.93. The van der Waals surface area contributed by atoms with Crippen LogP contribution >= 0.6 is 0 Å². The molecule has 1 saturated heterocycles. The van der Waals surface area contributed by atoms with E-state index < -0.39 is 21.7 Å². The lowest BCUT2D eigenvalue weighted by molar-refractivity contribution is -0.154. The number of fused-ring (bicyclic) bond motifs is 2. The maximum atomic E-state index is 14.4. The number of carbonyl (C=O) groups is 2. The van der Waals surface area contributed by atoms with E-state index in [4.69, 9.17) is 18.9 Å².